The second-order valence-electron chi connectivity index (χ2n) is 7.30. The summed E-state index contributed by atoms with van der Waals surface area (Å²) in [5.74, 6) is -0.485. The number of pyridine rings is 1. The van der Waals surface area contributed by atoms with Crippen molar-refractivity contribution in [3.8, 4) is 0 Å². The van der Waals surface area contributed by atoms with Crippen LogP contribution in [0.5, 0.6) is 0 Å². The topological polar surface area (TPSA) is 71.4 Å². The van der Waals surface area contributed by atoms with Crippen molar-refractivity contribution < 1.29 is 9.59 Å². The lowest BCUT2D eigenvalue weighted by Crippen LogP contribution is -2.63. The number of aromatic nitrogens is 1. The van der Waals surface area contributed by atoms with Gasteiger partial charge in [0.25, 0.3) is 11.5 Å². The number of carbonyl (C=O) groups excluding carboxylic acids is 2. The molecule has 2 aliphatic rings. The molecule has 6 heteroatoms. The molecule has 140 valence electrons. The number of nitrogens with one attached hydrogen (secondary N) is 1. The molecule has 1 aliphatic carbocycles. The smallest absolute Gasteiger partial charge is 0.263 e. The van der Waals surface area contributed by atoms with E-state index < -0.39 is 0 Å². The first kappa shape index (κ1) is 17.5. The maximum absolute atomic E-state index is 13.2. The highest BCUT2D eigenvalue weighted by Crippen LogP contribution is 2.26. The fourth-order valence-corrected chi connectivity index (χ4v) is 4.16. The molecule has 1 N–H and O–H groups in total. The fourth-order valence-electron chi connectivity index (χ4n) is 4.16. The lowest BCUT2D eigenvalue weighted by Gasteiger charge is -2.43. The van der Waals surface area contributed by atoms with E-state index in [1.54, 1.807) is 27.8 Å². The molecular weight excluding hydrogens is 342 g/mol. The second kappa shape index (κ2) is 7.39. The van der Waals surface area contributed by atoms with Crippen LogP contribution in [0.25, 0.3) is 0 Å². The third-order valence-corrected chi connectivity index (χ3v) is 5.50. The molecule has 27 heavy (non-hydrogen) atoms. The Labute approximate surface area is 157 Å². The minimum Gasteiger partial charge on any atom is -0.350 e. The molecule has 1 aromatic heterocycles. The number of carbonyl (C=O) groups is 2. The average Bonchev–Trinajstić information content (AvgIpc) is 2.69. The molecule has 6 nitrogen and oxygen atoms in total. The van der Waals surface area contributed by atoms with Crippen molar-refractivity contribution in [2.45, 2.75) is 44.3 Å². The number of fused-ring (bicyclic) bond motifs is 1. The standard InChI is InChI=1S/C21H23N3O3/c25-19-14-24(18-11-5-4-10-17(18)22-19)21(27)16-9-6-12-23(20(16)26)13-15-7-2-1-3-8-15/h1-3,6-9,12,17-18H,4-5,10-11,13-14H2,(H,22,25). The van der Waals surface area contributed by atoms with Gasteiger partial charge < -0.3 is 14.8 Å². The van der Waals surface area contributed by atoms with Gasteiger partial charge in [-0.1, -0.05) is 43.2 Å². The number of nitrogens with zero attached hydrogens (tertiary/aromatic N) is 2. The Morgan fingerprint density at radius 2 is 1.81 bits per heavy atom. The van der Waals surface area contributed by atoms with Crippen molar-refractivity contribution in [2.75, 3.05) is 6.54 Å². The average molecular weight is 365 g/mol. The summed E-state index contributed by atoms with van der Waals surface area (Å²) in [5, 5.41) is 3.00. The highest BCUT2D eigenvalue weighted by molar-refractivity contribution is 5.97. The molecule has 1 saturated carbocycles. The Bertz CT molecular complexity index is 906. The predicted octanol–water partition coefficient (Wildman–Crippen LogP) is 1.78. The van der Waals surface area contributed by atoms with Gasteiger partial charge in [-0.05, 0) is 30.5 Å². The minimum absolute atomic E-state index is 0.000735. The zero-order chi connectivity index (χ0) is 18.8. The van der Waals surface area contributed by atoms with Gasteiger partial charge in [-0.3, -0.25) is 14.4 Å². The van der Waals surface area contributed by atoms with Crippen LogP contribution in [-0.2, 0) is 11.3 Å². The number of hydrogen-bond donors (Lipinski definition) is 1. The minimum atomic E-state index is -0.339. The van der Waals surface area contributed by atoms with Gasteiger partial charge >= 0.3 is 0 Å². The summed E-state index contributed by atoms with van der Waals surface area (Å²) in [6.07, 6.45) is 5.53. The highest BCUT2D eigenvalue weighted by atomic mass is 16.2. The molecule has 2 unspecified atom stereocenters. The first-order valence-corrected chi connectivity index (χ1v) is 9.47. The molecule has 2 heterocycles. The van der Waals surface area contributed by atoms with E-state index in [2.05, 4.69) is 5.32 Å². The van der Waals surface area contributed by atoms with Gasteiger partial charge in [0.2, 0.25) is 5.91 Å². The third kappa shape index (κ3) is 3.52. The Kier molecular flexibility index (Phi) is 4.79. The van der Waals surface area contributed by atoms with Crippen LogP contribution in [0, 0.1) is 0 Å². The molecule has 1 aliphatic heterocycles. The Hall–Kier alpha value is -2.89. The fraction of sp³-hybridized carbons (Fsp3) is 0.381. The number of hydrogen-bond acceptors (Lipinski definition) is 3. The van der Waals surface area contributed by atoms with Crippen molar-refractivity contribution in [2.24, 2.45) is 0 Å². The summed E-state index contributed by atoms with van der Waals surface area (Å²) < 4.78 is 1.55. The van der Waals surface area contributed by atoms with Crippen molar-refractivity contribution in [1.29, 1.82) is 0 Å². The van der Waals surface area contributed by atoms with Crippen LogP contribution in [-0.4, -0.2) is 39.9 Å². The van der Waals surface area contributed by atoms with Crippen LogP contribution in [0.2, 0.25) is 0 Å². The molecule has 1 saturated heterocycles. The van der Waals surface area contributed by atoms with Crippen molar-refractivity contribution in [3.63, 3.8) is 0 Å². The first-order chi connectivity index (χ1) is 13.1. The molecule has 2 atom stereocenters. The van der Waals surface area contributed by atoms with Gasteiger partial charge in [-0.2, -0.15) is 0 Å². The first-order valence-electron chi connectivity index (χ1n) is 9.47. The highest BCUT2D eigenvalue weighted by Gasteiger charge is 2.39. The molecular formula is C21H23N3O3. The van der Waals surface area contributed by atoms with E-state index in [0.29, 0.717) is 6.54 Å². The van der Waals surface area contributed by atoms with Gasteiger partial charge in [0.15, 0.2) is 0 Å². The predicted molar refractivity (Wildman–Crippen MR) is 101 cm³/mol. The summed E-state index contributed by atoms with van der Waals surface area (Å²) in [5.41, 5.74) is 0.811. The molecule has 2 fully saturated rings. The number of piperazine rings is 1. The monoisotopic (exact) mass is 365 g/mol. The van der Waals surface area contributed by atoms with Crippen LogP contribution in [0.3, 0.4) is 0 Å². The largest absolute Gasteiger partial charge is 0.350 e. The maximum atomic E-state index is 13.2. The Morgan fingerprint density at radius 1 is 1.04 bits per heavy atom. The number of benzene rings is 1. The van der Waals surface area contributed by atoms with Crippen LogP contribution < -0.4 is 10.9 Å². The normalized spacial score (nSPS) is 22.1. The van der Waals surface area contributed by atoms with Crippen molar-refractivity contribution in [3.05, 3.63) is 70.1 Å². The zero-order valence-electron chi connectivity index (χ0n) is 15.1. The van der Waals surface area contributed by atoms with Crippen molar-refractivity contribution in [1.82, 2.24) is 14.8 Å². The molecule has 1 aromatic carbocycles. The van der Waals surface area contributed by atoms with E-state index in [1.165, 1.54) is 0 Å². The van der Waals surface area contributed by atoms with Crippen LogP contribution in [0.1, 0.15) is 41.6 Å². The maximum Gasteiger partial charge on any atom is 0.263 e. The SMILES string of the molecule is O=C1CN(C(=O)c2cccn(Cc3ccccc3)c2=O)C2CCCCC2N1. The summed E-state index contributed by atoms with van der Waals surface area (Å²) in [7, 11) is 0. The van der Waals surface area contributed by atoms with E-state index >= 15 is 0 Å². The second-order valence-corrected chi connectivity index (χ2v) is 7.30. The molecule has 0 radical (unpaired) electrons. The van der Waals surface area contributed by atoms with Crippen LogP contribution in [0.15, 0.2) is 53.5 Å². The Morgan fingerprint density at radius 3 is 2.63 bits per heavy atom. The quantitative estimate of drug-likeness (QED) is 0.901. The van der Waals surface area contributed by atoms with Gasteiger partial charge in [-0.15, -0.1) is 0 Å². The molecule has 0 spiro atoms. The molecule has 4 rings (SSSR count). The van der Waals surface area contributed by atoms with Gasteiger partial charge in [0.05, 0.1) is 12.6 Å². The zero-order valence-corrected chi connectivity index (χ0v) is 15.1. The summed E-state index contributed by atoms with van der Waals surface area (Å²) >= 11 is 0. The van der Waals surface area contributed by atoms with E-state index in [0.717, 1.165) is 31.2 Å². The van der Waals surface area contributed by atoms with Gasteiger partial charge in [0, 0.05) is 12.2 Å². The van der Waals surface area contributed by atoms with E-state index in [1.807, 2.05) is 30.3 Å². The third-order valence-electron chi connectivity index (χ3n) is 5.50. The lowest BCUT2D eigenvalue weighted by atomic mass is 9.87. The van der Waals surface area contributed by atoms with Crippen LogP contribution in [0.4, 0.5) is 0 Å². The van der Waals surface area contributed by atoms with E-state index in [9.17, 15) is 14.4 Å². The van der Waals surface area contributed by atoms with Crippen LogP contribution >= 0.6 is 0 Å². The summed E-state index contributed by atoms with van der Waals surface area (Å²) in [6, 6.07) is 12.9. The molecule has 0 bridgehead atoms. The van der Waals surface area contributed by atoms with Gasteiger partial charge in [-0.25, -0.2) is 0 Å². The number of rotatable bonds is 3. The summed E-state index contributed by atoms with van der Waals surface area (Å²) in [6.45, 7) is 0.431. The number of amides is 2. The summed E-state index contributed by atoms with van der Waals surface area (Å²) in [4.78, 5) is 39.7. The van der Waals surface area contributed by atoms with E-state index in [4.69, 9.17) is 0 Å². The molecule has 2 aromatic rings. The van der Waals surface area contributed by atoms with E-state index in [-0.39, 0.29) is 41.6 Å². The Balaban J connectivity index is 1.62. The molecule has 2 amide bonds. The van der Waals surface area contributed by atoms with Crippen molar-refractivity contribution >= 4 is 11.8 Å². The van der Waals surface area contributed by atoms with Gasteiger partial charge in [0.1, 0.15) is 12.1 Å². The lowest BCUT2D eigenvalue weighted by molar-refractivity contribution is -0.127.